The largest absolute Gasteiger partial charge is 0.573 e. The van der Waals surface area contributed by atoms with Crippen LogP contribution in [0.2, 0.25) is 0 Å². The van der Waals surface area contributed by atoms with Crippen LogP contribution in [0.25, 0.3) is 10.2 Å². The summed E-state index contributed by atoms with van der Waals surface area (Å²) in [4.78, 5) is 20.7. The summed E-state index contributed by atoms with van der Waals surface area (Å²) in [5.74, 6) is 0.507. The Morgan fingerprint density at radius 2 is 1.69 bits per heavy atom. The van der Waals surface area contributed by atoms with Crippen LogP contribution in [0.5, 0.6) is 17.2 Å². The van der Waals surface area contributed by atoms with E-state index < -0.39 is 6.36 Å². The van der Waals surface area contributed by atoms with Gasteiger partial charge in [-0.2, -0.15) is 0 Å². The number of halogens is 3. The maximum Gasteiger partial charge on any atom is 0.573 e. The molecule has 0 aliphatic heterocycles. The number of benzene rings is 2. The lowest BCUT2D eigenvalue weighted by molar-refractivity contribution is -0.274. The molecule has 1 heterocycles. The zero-order valence-electron chi connectivity index (χ0n) is 17.7. The molecule has 3 rings (SSSR count). The summed E-state index contributed by atoms with van der Waals surface area (Å²) in [5, 5.41) is 0.370. The third-order valence-electron chi connectivity index (χ3n) is 4.31. The van der Waals surface area contributed by atoms with E-state index in [9.17, 15) is 18.0 Å². The number of nitrogens with zero attached hydrogens (tertiary/aromatic N) is 3. The van der Waals surface area contributed by atoms with E-state index in [2.05, 4.69) is 9.72 Å². The molecule has 172 valence electrons. The van der Waals surface area contributed by atoms with Gasteiger partial charge in [-0.25, -0.2) is 4.98 Å². The summed E-state index contributed by atoms with van der Waals surface area (Å²) in [5.41, 5.74) is 0.471. The van der Waals surface area contributed by atoms with Gasteiger partial charge >= 0.3 is 6.36 Å². The highest BCUT2D eigenvalue weighted by Gasteiger charge is 2.31. The molecule has 0 aliphatic carbocycles. The van der Waals surface area contributed by atoms with E-state index in [1.165, 1.54) is 23.1 Å². The maximum absolute atomic E-state index is 12.9. The van der Waals surface area contributed by atoms with Crippen LogP contribution in [-0.4, -0.2) is 63.1 Å². The molecule has 0 aliphatic rings. The van der Waals surface area contributed by atoms with Crippen LogP contribution >= 0.6 is 11.3 Å². The highest BCUT2D eigenvalue weighted by molar-refractivity contribution is 7.22. The molecule has 0 spiro atoms. The molecular formula is C21H22F3N3O4S. The minimum Gasteiger partial charge on any atom is -0.497 e. The second kappa shape index (κ2) is 10.0. The Hall–Kier alpha value is -3.05. The first-order chi connectivity index (χ1) is 15.1. The Morgan fingerprint density at radius 3 is 2.31 bits per heavy atom. The molecule has 3 aromatic rings. The lowest BCUT2D eigenvalue weighted by Crippen LogP contribution is -2.39. The molecule has 0 radical (unpaired) electrons. The molecule has 0 unspecified atom stereocenters. The number of aromatic nitrogens is 1. The van der Waals surface area contributed by atoms with Crippen LogP contribution in [-0.2, 0) is 4.79 Å². The maximum atomic E-state index is 12.9. The van der Waals surface area contributed by atoms with Gasteiger partial charge in [0.25, 0.3) is 5.91 Å². The third-order valence-corrected chi connectivity index (χ3v) is 5.35. The van der Waals surface area contributed by atoms with Gasteiger partial charge in [0.15, 0.2) is 11.7 Å². The van der Waals surface area contributed by atoms with E-state index in [0.717, 1.165) is 11.3 Å². The molecular weight excluding hydrogens is 447 g/mol. The second-order valence-corrected chi connectivity index (χ2v) is 8.00. The molecule has 0 bridgehead atoms. The number of likely N-dealkylation sites (N-methyl/N-ethyl adjacent to an activating group) is 1. The van der Waals surface area contributed by atoms with E-state index in [1.807, 2.05) is 19.0 Å². The number of carbonyl (C=O) groups is 1. The fourth-order valence-electron chi connectivity index (χ4n) is 2.73. The molecule has 32 heavy (non-hydrogen) atoms. The number of amides is 1. The van der Waals surface area contributed by atoms with Crippen molar-refractivity contribution in [3.05, 3.63) is 42.5 Å². The molecule has 7 nitrogen and oxygen atoms in total. The topological polar surface area (TPSA) is 64.1 Å². The summed E-state index contributed by atoms with van der Waals surface area (Å²) < 4.78 is 52.7. The van der Waals surface area contributed by atoms with Crippen LogP contribution in [0.3, 0.4) is 0 Å². The van der Waals surface area contributed by atoms with E-state index in [0.29, 0.717) is 39.9 Å². The van der Waals surface area contributed by atoms with Gasteiger partial charge in [0.2, 0.25) is 0 Å². The van der Waals surface area contributed by atoms with Crippen molar-refractivity contribution in [3.63, 3.8) is 0 Å². The average Bonchev–Trinajstić information content (AvgIpc) is 3.14. The molecule has 0 saturated carbocycles. The van der Waals surface area contributed by atoms with Crippen molar-refractivity contribution in [2.45, 2.75) is 6.36 Å². The summed E-state index contributed by atoms with van der Waals surface area (Å²) >= 11 is 1.11. The third kappa shape index (κ3) is 6.47. The summed E-state index contributed by atoms with van der Waals surface area (Å²) in [7, 11) is 5.30. The van der Waals surface area contributed by atoms with Gasteiger partial charge in [-0.05, 0) is 50.5 Å². The van der Waals surface area contributed by atoms with Crippen LogP contribution < -0.4 is 19.1 Å². The Kier molecular flexibility index (Phi) is 7.41. The van der Waals surface area contributed by atoms with Crippen molar-refractivity contribution in [2.75, 3.05) is 45.8 Å². The Bertz CT molecular complexity index is 1050. The minimum atomic E-state index is -4.78. The van der Waals surface area contributed by atoms with Crippen molar-refractivity contribution in [3.8, 4) is 17.2 Å². The normalized spacial score (nSPS) is 11.6. The number of ether oxygens (including phenoxy) is 3. The lowest BCUT2D eigenvalue weighted by Gasteiger charge is -2.22. The van der Waals surface area contributed by atoms with Crippen molar-refractivity contribution in [1.82, 2.24) is 9.88 Å². The quantitative estimate of drug-likeness (QED) is 0.469. The molecule has 0 N–H and O–H groups in total. The average molecular weight is 469 g/mol. The first-order valence-electron chi connectivity index (χ1n) is 9.53. The Labute approximate surface area is 186 Å². The molecule has 2 aromatic carbocycles. The number of rotatable bonds is 9. The molecule has 0 atom stereocenters. The van der Waals surface area contributed by atoms with Gasteiger partial charge in [0.1, 0.15) is 17.2 Å². The first-order valence-corrected chi connectivity index (χ1v) is 10.3. The van der Waals surface area contributed by atoms with E-state index >= 15 is 0 Å². The van der Waals surface area contributed by atoms with Gasteiger partial charge in [-0.3, -0.25) is 9.69 Å². The molecule has 0 fully saturated rings. The number of carbonyl (C=O) groups excluding carboxylic acids is 1. The van der Waals surface area contributed by atoms with Crippen molar-refractivity contribution < 1.29 is 32.2 Å². The van der Waals surface area contributed by atoms with Gasteiger partial charge < -0.3 is 19.1 Å². The number of alkyl halides is 3. The van der Waals surface area contributed by atoms with Gasteiger partial charge in [0, 0.05) is 19.2 Å². The summed E-state index contributed by atoms with van der Waals surface area (Å²) in [6.45, 7) is 0.675. The van der Waals surface area contributed by atoms with Crippen molar-refractivity contribution in [1.29, 1.82) is 0 Å². The van der Waals surface area contributed by atoms with Gasteiger partial charge in [0.05, 0.1) is 17.3 Å². The fourth-order valence-corrected chi connectivity index (χ4v) is 3.76. The van der Waals surface area contributed by atoms with E-state index in [4.69, 9.17) is 9.47 Å². The zero-order chi connectivity index (χ0) is 23.3. The summed E-state index contributed by atoms with van der Waals surface area (Å²) in [6, 6.07) is 10.7. The number of methoxy groups -OCH3 is 1. The molecule has 1 amide bonds. The fraction of sp³-hybridized carbons (Fsp3) is 0.333. The van der Waals surface area contributed by atoms with Gasteiger partial charge in [-0.1, -0.05) is 11.3 Å². The monoisotopic (exact) mass is 469 g/mol. The smallest absolute Gasteiger partial charge is 0.497 e. The highest BCUT2D eigenvalue weighted by Crippen LogP contribution is 2.33. The number of anilines is 1. The molecule has 1 aromatic heterocycles. The summed E-state index contributed by atoms with van der Waals surface area (Å²) in [6.07, 6.45) is -4.78. The van der Waals surface area contributed by atoms with Crippen molar-refractivity contribution in [2.24, 2.45) is 0 Å². The number of fused-ring (bicyclic) bond motifs is 1. The first kappa shape index (κ1) is 23.6. The molecule has 0 saturated heterocycles. The second-order valence-electron chi connectivity index (χ2n) is 6.99. The predicted molar refractivity (Wildman–Crippen MR) is 116 cm³/mol. The minimum absolute atomic E-state index is 0.224. The number of thiazole rings is 1. The zero-order valence-corrected chi connectivity index (χ0v) is 18.5. The van der Waals surface area contributed by atoms with E-state index in [1.54, 1.807) is 31.4 Å². The van der Waals surface area contributed by atoms with Crippen LogP contribution in [0.15, 0.2) is 42.5 Å². The lowest BCUT2D eigenvalue weighted by atomic mass is 10.3. The Morgan fingerprint density at radius 1 is 1.03 bits per heavy atom. The standard InChI is InChI=1S/C21H22F3N3O4S/c1-26(2)10-11-27(19(28)13-30-15-6-4-14(29-3)5-7-15)20-25-17-9-8-16(12-18(17)32-20)31-21(22,23)24/h4-9,12H,10-11,13H2,1-3H3. The van der Waals surface area contributed by atoms with Crippen LogP contribution in [0, 0.1) is 0 Å². The Balaban J connectivity index is 1.78. The van der Waals surface area contributed by atoms with E-state index in [-0.39, 0.29) is 18.3 Å². The van der Waals surface area contributed by atoms with Crippen LogP contribution in [0.1, 0.15) is 0 Å². The van der Waals surface area contributed by atoms with Crippen molar-refractivity contribution >= 4 is 32.6 Å². The number of hydrogen-bond donors (Lipinski definition) is 0. The number of hydrogen-bond acceptors (Lipinski definition) is 7. The molecule has 11 heteroatoms. The predicted octanol–water partition coefficient (Wildman–Crippen LogP) is 4.18. The van der Waals surface area contributed by atoms with Gasteiger partial charge in [-0.15, -0.1) is 13.2 Å². The van der Waals surface area contributed by atoms with Crippen LogP contribution in [0.4, 0.5) is 18.3 Å². The SMILES string of the molecule is COc1ccc(OCC(=O)N(CCN(C)C)c2nc3ccc(OC(F)(F)F)cc3s2)cc1. The highest BCUT2D eigenvalue weighted by atomic mass is 32.1.